The average molecular weight is 502 g/mol. The molecule has 196 valence electrons. The van der Waals surface area contributed by atoms with Crippen LogP contribution in [-0.2, 0) is 20.8 Å². The third-order valence-electron chi connectivity index (χ3n) is 8.41. The molecule has 5 N–H and O–H groups in total. The van der Waals surface area contributed by atoms with E-state index < -0.39 is 64.7 Å². The first-order valence-electron chi connectivity index (χ1n) is 12.2. The number of Topliss-reactive ketones (excluding diaryl/α,β-unsaturated/α-hetero) is 3. The van der Waals surface area contributed by atoms with Crippen LogP contribution >= 0.6 is 0 Å². The zero-order chi connectivity index (χ0) is 27.0. The van der Waals surface area contributed by atoms with Crippen molar-refractivity contribution in [2.45, 2.75) is 50.4 Å². The normalized spacial score (nSPS) is 33.9. The maximum Gasteiger partial charge on any atom is 0.235 e. The van der Waals surface area contributed by atoms with Crippen molar-refractivity contribution in [3.63, 3.8) is 0 Å². The number of fused-ring (bicyclic) bond motifs is 3. The van der Waals surface area contributed by atoms with E-state index in [4.69, 9.17) is 5.73 Å². The van der Waals surface area contributed by atoms with E-state index in [2.05, 4.69) is 0 Å². The van der Waals surface area contributed by atoms with Crippen LogP contribution in [0.15, 0.2) is 6.07 Å². The van der Waals surface area contributed by atoms with Gasteiger partial charge >= 0.3 is 0 Å². The number of carbonyl (C=O) groups excluding carboxylic acids is 4. The van der Waals surface area contributed by atoms with Gasteiger partial charge in [-0.05, 0) is 56.0 Å². The van der Waals surface area contributed by atoms with E-state index in [1.807, 2.05) is 38.9 Å². The molecule has 36 heavy (non-hydrogen) atoms. The minimum absolute atomic E-state index is 0.0854. The van der Waals surface area contributed by atoms with Crippen molar-refractivity contribution >= 4 is 28.9 Å². The average Bonchev–Trinajstić information content (AvgIpc) is 2.75. The number of hydrogen-bond donors (Lipinski definition) is 4. The van der Waals surface area contributed by atoms with Crippen molar-refractivity contribution in [3.8, 4) is 5.75 Å². The van der Waals surface area contributed by atoms with Crippen LogP contribution in [0.2, 0.25) is 0 Å². The molecule has 0 aromatic heterocycles. The van der Waals surface area contributed by atoms with Gasteiger partial charge in [0.25, 0.3) is 0 Å². The molecule has 1 aromatic rings. The number of benzene rings is 1. The fourth-order valence-electron chi connectivity index (χ4n) is 6.74. The molecule has 3 aliphatic rings. The van der Waals surface area contributed by atoms with Gasteiger partial charge in [-0.1, -0.05) is 13.8 Å². The molecule has 2 saturated carbocycles. The van der Waals surface area contributed by atoms with E-state index in [1.165, 1.54) is 4.90 Å². The van der Waals surface area contributed by atoms with Gasteiger partial charge in [0.05, 0.1) is 17.5 Å². The lowest BCUT2D eigenvalue weighted by Gasteiger charge is -2.56. The second-order valence-electron chi connectivity index (χ2n) is 11.2. The first-order valence-corrected chi connectivity index (χ1v) is 12.2. The number of likely N-dealkylation sites (N-methyl/N-ethyl adjacent to an activating group) is 1. The SMILES string of the molecule is CC(C)c1cc(N(C)C)c2c(c1O)C(=O)C1C(O)[C@]3(O)C(=O)C(C(N)=O)C(=O)[C@@H](N(C)C)[C@@H]3C[C@@H]1C2. The van der Waals surface area contributed by atoms with Crippen LogP contribution in [0.25, 0.3) is 0 Å². The fraction of sp³-hybridized carbons (Fsp3) is 0.615. The third kappa shape index (κ3) is 3.42. The van der Waals surface area contributed by atoms with E-state index in [1.54, 1.807) is 14.1 Å². The standard InChI is InChI=1S/C26H35N3O7/c1-10(2)12-9-15(28(3)4)13-7-11-8-14-19(29(5)6)22(32)18(25(27)35)24(34)26(14,36)23(33)16(11)21(31)17(13)20(12)30/h9-11,14,16,18-19,23,30,33,36H,7-8H2,1-6H3,(H2,27,35)/t11-,14-,16?,18?,19-,23?,26-/m0/s1. The Kier molecular flexibility index (Phi) is 6.30. The van der Waals surface area contributed by atoms with E-state index in [0.717, 1.165) is 5.69 Å². The van der Waals surface area contributed by atoms with Gasteiger partial charge in [0.15, 0.2) is 28.9 Å². The summed E-state index contributed by atoms with van der Waals surface area (Å²) in [6, 6.07) is 0.804. The van der Waals surface area contributed by atoms with Gasteiger partial charge in [-0.15, -0.1) is 0 Å². The predicted molar refractivity (Wildman–Crippen MR) is 131 cm³/mol. The molecular formula is C26H35N3O7. The number of primary amides is 1. The second-order valence-corrected chi connectivity index (χ2v) is 11.2. The number of nitrogens with two attached hydrogens (primary N) is 1. The molecule has 4 rings (SSSR count). The van der Waals surface area contributed by atoms with Gasteiger partial charge in [0, 0.05) is 25.7 Å². The van der Waals surface area contributed by atoms with Gasteiger partial charge < -0.3 is 26.0 Å². The molecule has 3 unspecified atom stereocenters. The predicted octanol–water partition coefficient (Wildman–Crippen LogP) is -0.152. The van der Waals surface area contributed by atoms with Gasteiger partial charge in [0.2, 0.25) is 5.91 Å². The Balaban J connectivity index is 1.91. The molecule has 0 spiro atoms. The maximum absolute atomic E-state index is 13.9. The van der Waals surface area contributed by atoms with Crippen LogP contribution in [0.1, 0.15) is 47.7 Å². The highest BCUT2D eigenvalue weighted by Gasteiger charge is 2.69. The molecule has 7 atom stereocenters. The van der Waals surface area contributed by atoms with Gasteiger partial charge in [-0.3, -0.25) is 24.1 Å². The summed E-state index contributed by atoms with van der Waals surface area (Å²) in [5.41, 5.74) is 4.91. The first kappa shape index (κ1) is 26.2. The van der Waals surface area contributed by atoms with Gasteiger partial charge in [0.1, 0.15) is 11.9 Å². The highest BCUT2D eigenvalue weighted by atomic mass is 16.4. The first-order chi connectivity index (χ1) is 16.7. The summed E-state index contributed by atoms with van der Waals surface area (Å²) in [6.45, 7) is 3.78. The number of hydrogen-bond acceptors (Lipinski definition) is 9. The Bertz CT molecular complexity index is 1160. The van der Waals surface area contributed by atoms with Crippen molar-refractivity contribution in [2.75, 3.05) is 33.1 Å². The van der Waals surface area contributed by atoms with E-state index in [0.29, 0.717) is 17.5 Å². The third-order valence-corrected chi connectivity index (χ3v) is 8.41. The molecule has 0 aliphatic heterocycles. The van der Waals surface area contributed by atoms with Crippen LogP contribution < -0.4 is 10.6 Å². The minimum Gasteiger partial charge on any atom is -0.507 e. The van der Waals surface area contributed by atoms with Crippen LogP contribution in [0.3, 0.4) is 0 Å². The maximum atomic E-state index is 13.9. The number of aliphatic hydroxyl groups excluding tert-OH is 1. The molecule has 0 radical (unpaired) electrons. The zero-order valence-electron chi connectivity index (χ0n) is 21.5. The van der Waals surface area contributed by atoms with Crippen LogP contribution in [0.5, 0.6) is 5.75 Å². The topological polar surface area (TPSA) is 161 Å². The molecule has 2 fully saturated rings. The molecule has 0 bridgehead atoms. The minimum atomic E-state index is -2.52. The lowest BCUT2D eigenvalue weighted by Crippen LogP contribution is -2.75. The Morgan fingerprint density at radius 1 is 1.17 bits per heavy atom. The van der Waals surface area contributed by atoms with E-state index >= 15 is 0 Å². The number of ketones is 3. The quantitative estimate of drug-likeness (QED) is 0.411. The number of aliphatic hydroxyl groups is 2. The van der Waals surface area contributed by atoms with Crippen molar-refractivity contribution in [2.24, 2.45) is 29.4 Å². The molecule has 0 heterocycles. The van der Waals surface area contributed by atoms with Crippen LogP contribution in [0, 0.1) is 23.7 Å². The summed E-state index contributed by atoms with van der Waals surface area (Å²) in [7, 11) is 6.86. The van der Waals surface area contributed by atoms with Gasteiger partial charge in [-0.2, -0.15) is 0 Å². The fourth-order valence-corrected chi connectivity index (χ4v) is 6.74. The summed E-state index contributed by atoms with van der Waals surface area (Å²) in [5.74, 6) is -8.56. The Morgan fingerprint density at radius 2 is 1.78 bits per heavy atom. The van der Waals surface area contributed by atoms with Crippen LogP contribution in [-0.4, -0.2) is 89.4 Å². The van der Waals surface area contributed by atoms with E-state index in [-0.39, 0.29) is 23.7 Å². The zero-order valence-corrected chi connectivity index (χ0v) is 21.5. The summed E-state index contributed by atoms with van der Waals surface area (Å²) >= 11 is 0. The molecule has 10 nitrogen and oxygen atoms in total. The van der Waals surface area contributed by atoms with Crippen LogP contribution in [0.4, 0.5) is 5.69 Å². The number of aromatic hydroxyl groups is 1. The summed E-state index contributed by atoms with van der Waals surface area (Å²) < 4.78 is 0. The summed E-state index contributed by atoms with van der Waals surface area (Å²) in [5, 5.41) is 34.3. The van der Waals surface area contributed by atoms with Gasteiger partial charge in [-0.25, -0.2) is 0 Å². The number of phenolic OH excluding ortho intramolecular Hbond substituents is 1. The second kappa shape index (κ2) is 8.64. The molecular weight excluding hydrogens is 466 g/mol. The monoisotopic (exact) mass is 501 g/mol. The molecule has 1 aromatic carbocycles. The van der Waals surface area contributed by atoms with Crippen molar-refractivity contribution in [1.82, 2.24) is 4.90 Å². The van der Waals surface area contributed by atoms with E-state index in [9.17, 15) is 34.5 Å². The summed E-state index contributed by atoms with van der Waals surface area (Å²) in [4.78, 5) is 55.9. The largest absolute Gasteiger partial charge is 0.507 e. The lowest BCUT2D eigenvalue weighted by molar-refractivity contribution is -0.203. The Morgan fingerprint density at radius 3 is 2.28 bits per heavy atom. The van der Waals surface area contributed by atoms with Crippen molar-refractivity contribution in [1.29, 1.82) is 0 Å². The number of rotatable bonds is 4. The van der Waals surface area contributed by atoms with Crippen molar-refractivity contribution in [3.05, 3.63) is 22.8 Å². The molecule has 1 amide bonds. The highest BCUT2D eigenvalue weighted by Crippen LogP contribution is 2.54. The molecule has 0 saturated heterocycles. The molecule has 3 aliphatic carbocycles. The Hall–Kier alpha value is -2.82. The van der Waals surface area contributed by atoms with Crippen molar-refractivity contribution < 1.29 is 34.5 Å². The Labute approximate surface area is 210 Å². The number of carbonyl (C=O) groups is 4. The smallest absolute Gasteiger partial charge is 0.235 e. The molecule has 10 heteroatoms. The number of amides is 1. The number of anilines is 1. The number of nitrogens with zero attached hydrogens (tertiary/aromatic N) is 2. The summed E-state index contributed by atoms with van der Waals surface area (Å²) in [6.07, 6.45) is -1.48. The highest BCUT2D eigenvalue weighted by molar-refractivity contribution is 6.24. The number of phenols is 1. The lowest BCUT2D eigenvalue weighted by atomic mass is 9.51.